The van der Waals surface area contributed by atoms with Gasteiger partial charge in [-0.25, -0.2) is 0 Å². The van der Waals surface area contributed by atoms with E-state index in [0.717, 1.165) is 25.7 Å². The first-order valence-electron chi connectivity index (χ1n) is 5.69. The van der Waals surface area contributed by atoms with E-state index in [0.29, 0.717) is 21.4 Å². The second kappa shape index (κ2) is 7.69. The van der Waals surface area contributed by atoms with Crippen LogP contribution in [0.1, 0.15) is 25.7 Å². The lowest BCUT2D eigenvalue weighted by molar-refractivity contribution is 0.283. The van der Waals surface area contributed by atoms with Gasteiger partial charge in [-0.05, 0) is 31.0 Å². The van der Waals surface area contributed by atoms with Crippen molar-refractivity contribution in [1.29, 1.82) is 0 Å². The Morgan fingerprint density at radius 1 is 1.24 bits per heavy atom. The molecule has 1 aromatic rings. The largest absolute Gasteiger partial charge is 0.399 e. The van der Waals surface area contributed by atoms with Gasteiger partial charge in [0.05, 0.1) is 20.7 Å². The van der Waals surface area contributed by atoms with E-state index in [1.165, 1.54) is 0 Å². The fraction of sp³-hybridized carbons (Fsp3) is 0.500. The second-order valence-electron chi connectivity index (χ2n) is 3.88. The number of nitrogens with two attached hydrogens (primary N) is 1. The molecular weight excluding hydrogens is 258 g/mol. The molecule has 0 aliphatic heterocycles. The Balaban J connectivity index is 2.44. The SMILES string of the molecule is Nc1ccc(Cl)c(S(=O)CCCCCCO)c1. The number of nitrogen functional groups attached to an aromatic ring is 1. The van der Waals surface area contributed by atoms with Gasteiger partial charge in [0.15, 0.2) is 0 Å². The zero-order valence-corrected chi connectivity index (χ0v) is 11.3. The van der Waals surface area contributed by atoms with Gasteiger partial charge in [-0.1, -0.05) is 24.4 Å². The van der Waals surface area contributed by atoms with Crippen molar-refractivity contribution >= 4 is 28.1 Å². The number of unbranched alkanes of at least 4 members (excludes halogenated alkanes) is 3. The maximum absolute atomic E-state index is 12.0. The third-order valence-electron chi connectivity index (χ3n) is 2.44. The predicted octanol–water partition coefficient (Wildman–Crippen LogP) is 2.58. The molecule has 0 aromatic heterocycles. The summed E-state index contributed by atoms with van der Waals surface area (Å²) in [5.41, 5.74) is 6.22. The first-order chi connectivity index (χ1) is 8.15. The summed E-state index contributed by atoms with van der Waals surface area (Å²) < 4.78 is 12.0. The predicted molar refractivity (Wildman–Crippen MR) is 72.7 cm³/mol. The van der Waals surface area contributed by atoms with Crippen molar-refractivity contribution in [2.75, 3.05) is 18.1 Å². The number of hydrogen-bond acceptors (Lipinski definition) is 3. The topological polar surface area (TPSA) is 63.3 Å². The fourth-order valence-corrected chi connectivity index (χ4v) is 3.12. The Morgan fingerprint density at radius 2 is 1.94 bits per heavy atom. The number of benzene rings is 1. The minimum Gasteiger partial charge on any atom is -0.399 e. The molecule has 0 saturated carbocycles. The van der Waals surface area contributed by atoms with Gasteiger partial charge in [-0.15, -0.1) is 0 Å². The molecule has 3 nitrogen and oxygen atoms in total. The summed E-state index contributed by atoms with van der Waals surface area (Å²) in [6.45, 7) is 0.226. The van der Waals surface area contributed by atoms with Gasteiger partial charge in [0, 0.05) is 18.0 Å². The van der Waals surface area contributed by atoms with Crippen molar-refractivity contribution in [3.63, 3.8) is 0 Å². The van der Waals surface area contributed by atoms with Crippen LogP contribution in [0.5, 0.6) is 0 Å². The summed E-state index contributed by atoms with van der Waals surface area (Å²) >= 11 is 5.97. The average Bonchev–Trinajstić information content (AvgIpc) is 2.32. The zero-order valence-electron chi connectivity index (χ0n) is 9.69. The van der Waals surface area contributed by atoms with Gasteiger partial charge in [0.25, 0.3) is 0 Å². The van der Waals surface area contributed by atoms with Crippen LogP contribution in [0.3, 0.4) is 0 Å². The molecule has 0 saturated heterocycles. The van der Waals surface area contributed by atoms with Crippen LogP contribution in [0.15, 0.2) is 23.1 Å². The first kappa shape index (κ1) is 14.5. The standard InChI is InChI=1S/C12H18ClNO2S/c13-11-6-5-10(14)9-12(11)17(16)8-4-2-1-3-7-15/h5-6,9,15H,1-4,7-8,14H2. The Bertz CT molecular complexity index is 385. The quantitative estimate of drug-likeness (QED) is 0.594. The van der Waals surface area contributed by atoms with Gasteiger partial charge in [0.2, 0.25) is 0 Å². The lowest BCUT2D eigenvalue weighted by Crippen LogP contribution is -2.00. The number of hydrogen-bond donors (Lipinski definition) is 2. The minimum atomic E-state index is -1.09. The van der Waals surface area contributed by atoms with Gasteiger partial charge in [-0.3, -0.25) is 4.21 Å². The molecule has 0 aliphatic carbocycles. The molecule has 5 heteroatoms. The van der Waals surface area contributed by atoms with Crippen molar-refractivity contribution in [2.45, 2.75) is 30.6 Å². The van der Waals surface area contributed by atoms with Crippen LogP contribution in [-0.4, -0.2) is 21.7 Å². The molecule has 3 N–H and O–H groups in total. The molecule has 0 amide bonds. The summed E-state index contributed by atoms with van der Waals surface area (Å²) in [4.78, 5) is 0.619. The number of aliphatic hydroxyl groups is 1. The molecule has 1 unspecified atom stereocenters. The summed E-state index contributed by atoms with van der Waals surface area (Å²) in [5, 5.41) is 9.14. The minimum absolute atomic E-state index is 0.226. The summed E-state index contributed by atoms with van der Waals surface area (Å²) in [7, 11) is -1.09. The maximum Gasteiger partial charge on any atom is 0.0594 e. The third-order valence-corrected chi connectivity index (χ3v) is 4.37. The lowest BCUT2D eigenvalue weighted by Gasteiger charge is -2.05. The molecule has 0 spiro atoms. The van der Waals surface area contributed by atoms with Crippen LogP contribution >= 0.6 is 11.6 Å². The number of halogens is 1. The van der Waals surface area contributed by atoms with Gasteiger partial charge in [-0.2, -0.15) is 0 Å². The van der Waals surface area contributed by atoms with E-state index in [2.05, 4.69) is 0 Å². The van der Waals surface area contributed by atoms with Gasteiger partial charge >= 0.3 is 0 Å². The monoisotopic (exact) mass is 275 g/mol. The van der Waals surface area contributed by atoms with Gasteiger partial charge < -0.3 is 10.8 Å². The van der Waals surface area contributed by atoms with E-state index < -0.39 is 10.8 Å². The molecule has 0 radical (unpaired) electrons. The van der Waals surface area contributed by atoms with E-state index in [1.807, 2.05) is 0 Å². The van der Waals surface area contributed by atoms with Crippen molar-refractivity contribution in [3.05, 3.63) is 23.2 Å². The van der Waals surface area contributed by atoms with Crippen molar-refractivity contribution < 1.29 is 9.32 Å². The molecule has 1 rings (SSSR count). The smallest absolute Gasteiger partial charge is 0.0594 e. The molecule has 0 fully saturated rings. The number of anilines is 1. The Hall–Kier alpha value is -0.580. The molecule has 96 valence electrons. The van der Waals surface area contributed by atoms with Crippen LogP contribution < -0.4 is 5.73 Å². The normalized spacial score (nSPS) is 12.6. The summed E-state index contributed by atoms with van der Waals surface area (Å²) in [6, 6.07) is 5.05. The lowest BCUT2D eigenvalue weighted by atomic mass is 10.2. The highest BCUT2D eigenvalue weighted by Gasteiger charge is 2.08. The van der Waals surface area contributed by atoms with E-state index >= 15 is 0 Å². The highest BCUT2D eigenvalue weighted by atomic mass is 35.5. The highest BCUT2D eigenvalue weighted by Crippen LogP contribution is 2.23. The van der Waals surface area contributed by atoms with Crippen LogP contribution in [0.4, 0.5) is 5.69 Å². The van der Waals surface area contributed by atoms with Gasteiger partial charge in [0.1, 0.15) is 0 Å². The Labute approximate surface area is 109 Å². The van der Waals surface area contributed by atoms with Crippen LogP contribution in [0.2, 0.25) is 5.02 Å². The van der Waals surface area contributed by atoms with Crippen LogP contribution in [0, 0.1) is 0 Å². The molecule has 0 bridgehead atoms. The number of rotatable bonds is 7. The summed E-state index contributed by atoms with van der Waals surface area (Å²) in [6.07, 6.45) is 3.63. The van der Waals surface area contributed by atoms with Crippen molar-refractivity contribution in [2.24, 2.45) is 0 Å². The second-order valence-corrected chi connectivity index (χ2v) is 5.82. The maximum atomic E-state index is 12.0. The highest BCUT2D eigenvalue weighted by molar-refractivity contribution is 7.85. The Kier molecular flexibility index (Phi) is 6.55. The van der Waals surface area contributed by atoms with E-state index in [-0.39, 0.29) is 6.61 Å². The molecule has 1 atom stereocenters. The average molecular weight is 276 g/mol. The van der Waals surface area contributed by atoms with E-state index in [1.54, 1.807) is 18.2 Å². The third kappa shape index (κ3) is 5.06. The molecule has 17 heavy (non-hydrogen) atoms. The fourth-order valence-electron chi connectivity index (χ4n) is 1.50. The van der Waals surface area contributed by atoms with Crippen LogP contribution in [0.25, 0.3) is 0 Å². The molecule has 0 heterocycles. The number of aliphatic hydroxyl groups excluding tert-OH is 1. The van der Waals surface area contributed by atoms with E-state index in [4.69, 9.17) is 22.4 Å². The zero-order chi connectivity index (χ0) is 12.7. The molecule has 1 aromatic carbocycles. The van der Waals surface area contributed by atoms with Crippen molar-refractivity contribution in [3.8, 4) is 0 Å². The van der Waals surface area contributed by atoms with Crippen molar-refractivity contribution in [1.82, 2.24) is 0 Å². The van der Waals surface area contributed by atoms with Crippen LogP contribution in [-0.2, 0) is 10.8 Å². The molecule has 0 aliphatic rings. The molecular formula is C12H18ClNO2S. The summed E-state index contributed by atoms with van der Waals surface area (Å²) in [5.74, 6) is 0.592. The first-order valence-corrected chi connectivity index (χ1v) is 7.39. The Morgan fingerprint density at radius 3 is 2.65 bits per heavy atom. The van der Waals surface area contributed by atoms with E-state index in [9.17, 15) is 4.21 Å².